The Kier molecular flexibility index (Phi) is 2.55. The molecule has 1 amide bonds. The molecule has 0 radical (unpaired) electrons. The SMILES string of the molecule is C/C=C1\c2ccccc2N2C(=O)c3ccccc3[C@@H]2[C@H]1C. The molecule has 2 aliphatic heterocycles. The Hall–Kier alpha value is -2.35. The van der Waals surface area contributed by atoms with Crippen molar-refractivity contribution in [3.8, 4) is 0 Å². The number of fused-ring (bicyclic) bond motifs is 5. The van der Waals surface area contributed by atoms with E-state index >= 15 is 0 Å². The quantitative estimate of drug-likeness (QED) is 0.696. The summed E-state index contributed by atoms with van der Waals surface area (Å²) in [5, 5.41) is 0. The lowest BCUT2D eigenvalue weighted by Crippen LogP contribution is -2.36. The van der Waals surface area contributed by atoms with E-state index in [1.165, 1.54) is 11.1 Å². The van der Waals surface area contributed by atoms with Crippen LogP contribution in [0.25, 0.3) is 5.57 Å². The normalized spacial score (nSPS) is 24.8. The zero-order chi connectivity index (χ0) is 14.6. The number of anilines is 1. The number of benzene rings is 2. The summed E-state index contributed by atoms with van der Waals surface area (Å²) in [5.74, 6) is 0.433. The van der Waals surface area contributed by atoms with Crippen molar-refractivity contribution in [1.29, 1.82) is 0 Å². The molecule has 21 heavy (non-hydrogen) atoms. The van der Waals surface area contributed by atoms with Gasteiger partial charge in [-0.1, -0.05) is 49.4 Å². The molecule has 2 aromatic rings. The lowest BCUT2D eigenvalue weighted by Gasteiger charge is -2.38. The van der Waals surface area contributed by atoms with Gasteiger partial charge in [0.05, 0.1) is 11.7 Å². The first-order chi connectivity index (χ1) is 10.2. The minimum absolute atomic E-state index is 0.120. The maximum Gasteiger partial charge on any atom is 0.259 e. The third-order valence-electron chi connectivity index (χ3n) is 4.76. The van der Waals surface area contributed by atoms with Crippen molar-refractivity contribution in [3.05, 3.63) is 71.3 Å². The van der Waals surface area contributed by atoms with Crippen LogP contribution in [0.1, 0.15) is 41.4 Å². The van der Waals surface area contributed by atoms with Crippen LogP contribution in [0, 0.1) is 5.92 Å². The van der Waals surface area contributed by atoms with Crippen molar-refractivity contribution in [3.63, 3.8) is 0 Å². The van der Waals surface area contributed by atoms with Crippen LogP contribution < -0.4 is 4.90 Å². The Bertz CT molecular complexity index is 775. The van der Waals surface area contributed by atoms with Gasteiger partial charge in [-0.3, -0.25) is 9.69 Å². The maximum absolute atomic E-state index is 12.8. The van der Waals surface area contributed by atoms with Gasteiger partial charge in [-0.25, -0.2) is 0 Å². The predicted octanol–water partition coefficient (Wildman–Crippen LogP) is 4.44. The fourth-order valence-corrected chi connectivity index (χ4v) is 3.86. The molecule has 0 saturated carbocycles. The number of rotatable bonds is 0. The molecule has 104 valence electrons. The fraction of sp³-hybridized carbons (Fsp3) is 0.211. The smallest absolute Gasteiger partial charge is 0.259 e. The molecule has 2 aromatic carbocycles. The zero-order valence-electron chi connectivity index (χ0n) is 12.2. The van der Waals surface area contributed by atoms with Gasteiger partial charge in [0.1, 0.15) is 0 Å². The van der Waals surface area contributed by atoms with Gasteiger partial charge in [0, 0.05) is 17.0 Å². The largest absolute Gasteiger partial charge is 0.300 e. The molecule has 0 bridgehead atoms. The highest BCUT2D eigenvalue weighted by Crippen LogP contribution is 2.52. The number of para-hydroxylation sites is 1. The summed E-state index contributed by atoms with van der Waals surface area (Å²) in [4.78, 5) is 14.8. The molecule has 0 spiro atoms. The lowest BCUT2D eigenvalue weighted by molar-refractivity contribution is 0.0987. The van der Waals surface area contributed by atoms with E-state index in [1.54, 1.807) is 0 Å². The highest BCUT2D eigenvalue weighted by atomic mass is 16.2. The van der Waals surface area contributed by atoms with Crippen molar-refractivity contribution in [2.45, 2.75) is 19.9 Å². The van der Waals surface area contributed by atoms with E-state index in [0.29, 0.717) is 5.92 Å². The third-order valence-corrected chi connectivity index (χ3v) is 4.76. The fourth-order valence-electron chi connectivity index (χ4n) is 3.86. The van der Waals surface area contributed by atoms with Crippen LogP contribution in [0.15, 0.2) is 54.6 Å². The van der Waals surface area contributed by atoms with Crippen LogP contribution in [-0.2, 0) is 0 Å². The molecule has 2 aliphatic rings. The molecule has 0 unspecified atom stereocenters. The van der Waals surface area contributed by atoms with Gasteiger partial charge in [-0.2, -0.15) is 0 Å². The monoisotopic (exact) mass is 275 g/mol. The number of hydrogen-bond acceptors (Lipinski definition) is 1. The van der Waals surface area contributed by atoms with E-state index in [0.717, 1.165) is 16.8 Å². The second-order valence-electron chi connectivity index (χ2n) is 5.76. The van der Waals surface area contributed by atoms with Gasteiger partial charge in [0.15, 0.2) is 0 Å². The molecule has 0 saturated heterocycles. The Morgan fingerprint density at radius 1 is 1.00 bits per heavy atom. The number of allylic oxidation sites excluding steroid dienone is 1. The molecule has 2 nitrogen and oxygen atoms in total. The lowest BCUT2D eigenvalue weighted by atomic mass is 9.80. The van der Waals surface area contributed by atoms with Crippen LogP contribution in [0.5, 0.6) is 0 Å². The minimum Gasteiger partial charge on any atom is -0.300 e. The molecule has 0 aliphatic carbocycles. The third kappa shape index (κ3) is 1.50. The van der Waals surface area contributed by atoms with Gasteiger partial charge in [0.2, 0.25) is 0 Å². The first kappa shape index (κ1) is 12.4. The van der Waals surface area contributed by atoms with E-state index in [1.807, 2.05) is 35.2 Å². The standard InChI is InChI=1S/C19H17NO/c1-3-13-12(2)18-15-9-4-5-10-16(15)19(21)20(18)17-11-7-6-8-14(13)17/h3-12,18H,1-2H3/b13-3-/t12-,18-/m0/s1. The van der Waals surface area contributed by atoms with Crippen LogP contribution in [0.3, 0.4) is 0 Å². The average Bonchev–Trinajstić information content (AvgIpc) is 2.82. The molecule has 0 N–H and O–H groups in total. The Balaban J connectivity index is 2.02. The summed E-state index contributed by atoms with van der Waals surface area (Å²) in [6, 6.07) is 16.4. The van der Waals surface area contributed by atoms with Gasteiger partial charge in [-0.15, -0.1) is 0 Å². The first-order valence-corrected chi connectivity index (χ1v) is 7.42. The van der Waals surface area contributed by atoms with Crippen molar-refractivity contribution in [1.82, 2.24) is 0 Å². The molecular formula is C19H17NO. The van der Waals surface area contributed by atoms with E-state index in [9.17, 15) is 4.79 Å². The highest BCUT2D eigenvalue weighted by Gasteiger charge is 2.45. The van der Waals surface area contributed by atoms with Gasteiger partial charge in [-0.05, 0) is 30.2 Å². The van der Waals surface area contributed by atoms with E-state index < -0.39 is 0 Å². The summed E-state index contributed by atoms with van der Waals surface area (Å²) in [6.45, 7) is 4.30. The average molecular weight is 275 g/mol. The van der Waals surface area contributed by atoms with Gasteiger partial charge < -0.3 is 0 Å². The molecule has 0 fully saturated rings. The second-order valence-corrected chi connectivity index (χ2v) is 5.76. The molecular weight excluding hydrogens is 258 g/mol. The summed E-state index contributed by atoms with van der Waals surface area (Å²) in [5.41, 5.74) is 5.56. The van der Waals surface area contributed by atoms with Crippen molar-refractivity contribution >= 4 is 17.2 Å². The van der Waals surface area contributed by atoms with Crippen molar-refractivity contribution < 1.29 is 4.79 Å². The van der Waals surface area contributed by atoms with Gasteiger partial charge in [0.25, 0.3) is 5.91 Å². The number of hydrogen-bond donors (Lipinski definition) is 0. The first-order valence-electron chi connectivity index (χ1n) is 7.42. The van der Waals surface area contributed by atoms with E-state index in [4.69, 9.17) is 0 Å². The predicted molar refractivity (Wildman–Crippen MR) is 85.2 cm³/mol. The van der Waals surface area contributed by atoms with Crippen molar-refractivity contribution in [2.24, 2.45) is 5.92 Å². The van der Waals surface area contributed by atoms with Crippen LogP contribution in [0.4, 0.5) is 5.69 Å². The topological polar surface area (TPSA) is 20.3 Å². The van der Waals surface area contributed by atoms with Crippen molar-refractivity contribution in [2.75, 3.05) is 4.90 Å². The second kappa shape index (κ2) is 4.32. The Morgan fingerprint density at radius 2 is 1.67 bits per heavy atom. The number of amides is 1. The Morgan fingerprint density at radius 3 is 2.43 bits per heavy atom. The maximum atomic E-state index is 12.8. The number of carbonyl (C=O) groups excluding carboxylic acids is 1. The van der Waals surface area contributed by atoms with Gasteiger partial charge >= 0.3 is 0 Å². The highest BCUT2D eigenvalue weighted by molar-refractivity contribution is 6.13. The molecule has 2 heterocycles. The van der Waals surface area contributed by atoms with Crippen LogP contribution in [0.2, 0.25) is 0 Å². The summed E-state index contributed by atoms with van der Waals surface area (Å²) < 4.78 is 0. The Labute approximate surface area is 124 Å². The summed E-state index contributed by atoms with van der Waals surface area (Å²) in [6.07, 6.45) is 2.19. The van der Waals surface area contributed by atoms with E-state index in [-0.39, 0.29) is 11.9 Å². The van der Waals surface area contributed by atoms with Crippen LogP contribution in [-0.4, -0.2) is 5.91 Å². The molecule has 2 atom stereocenters. The van der Waals surface area contributed by atoms with E-state index in [2.05, 4.69) is 38.1 Å². The molecule has 2 heteroatoms. The summed E-state index contributed by atoms with van der Waals surface area (Å²) in [7, 11) is 0. The summed E-state index contributed by atoms with van der Waals surface area (Å²) >= 11 is 0. The molecule has 0 aromatic heterocycles. The van der Waals surface area contributed by atoms with Crippen LogP contribution >= 0.6 is 0 Å². The minimum atomic E-state index is 0.120. The number of nitrogens with zero attached hydrogens (tertiary/aromatic N) is 1. The molecule has 4 rings (SSSR count). The number of carbonyl (C=O) groups is 1. The zero-order valence-corrected chi connectivity index (χ0v) is 12.2.